The van der Waals surface area contributed by atoms with Crippen LogP contribution in [-0.4, -0.2) is 7.38 Å². The molecule has 0 spiro atoms. The molecule has 0 aliphatic rings. The molecule has 0 aromatic heterocycles. The molecule has 1 rings (SSSR count). The van der Waals surface area contributed by atoms with Gasteiger partial charge in [0, 0.05) is 6.07 Å². The SMILES string of the molecule is C=COc1cc(OC=C)cc([Si](C)(C)Cl)c1. The minimum atomic E-state index is -1.91. The Morgan fingerprint density at radius 2 is 1.50 bits per heavy atom. The highest BCUT2D eigenvalue weighted by molar-refractivity contribution is 7.26. The summed E-state index contributed by atoms with van der Waals surface area (Å²) in [5.74, 6) is 1.34. The molecular weight excluding hydrogens is 240 g/mol. The van der Waals surface area contributed by atoms with E-state index in [0.29, 0.717) is 11.5 Å². The van der Waals surface area contributed by atoms with Crippen LogP contribution in [0.4, 0.5) is 0 Å². The first-order valence-electron chi connectivity index (χ1n) is 4.87. The minimum absolute atomic E-state index is 0.672. The van der Waals surface area contributed by atoms with Crippen LogP contribution in [0, 0.1) is 0 Å². The fourth-order valence-corrected chi connectivity index (χ4v) is 2.54. The molecule has 0 radical (unpaired) electrons. The molecule has 86 valence electrons. The van der Waals surface area contributed by atoms with Gasteiger partial charge in [-0.2, -0.15) is 11.1 Å². The molecule has 0 heterocycles. The largest absolute Gasteiger partial charge is 0.465 e. The Bertz CT molecular complexity index is 368. The van der Waals surface area contributed by atoms with E-state index in [1.54, 1.807) is 6.07 Å². The maximum Gasteiger partial charge on any atom is 0.181 e. The zero-order valence-electron chi connectivity index (χ0n) is 9.50. The third-order valence-corrected chi connectivity index (χ3v) is 4.32. The molecule has 0 aliphatic carbocycles. The topological polar surface area (TPSA) is 18.5 Å². The van der Waals surface area contributed by atoms with E-state index in [1.165, 1.54) is 12.5 Å². The summed E-state index contributed by atoms with van der Waals surface area (Å²) in [6.45, 7) is 11.1. The molecule has 0 bridgehead atoms. The number of hydrogen-bond acceptors (Lipinski definition) is 2. The van der Waals surface area contributed by atoms with Crippen molar-refractivity contribution in [3.63, 3.8) is 0 Å². The lowest BCUT2D eigenvalue weighted by Crippen LogP contribution is -2.34. The monoisotopic (exact) mass is 254 g/mol. The Hall–Kier alpha value is -1.19. The first kappa shape index (κ1) is 12.9. The second-order valence-corrected chi connectivity index (χ2v) is 10.1. The standard InChI is InChI=1S/C12H15ClO2Si/c1-5-14-10-7-11(15-6-2)9-12(8-10)16(3,4)13/h5-9H,1-2H2,3-4H3. The van der Waals surface area contributed by atoms with Crippen LogP contribution in [-0.2, 0) is 0 Å². The lowest BCUT2D eigenvalue weighted by Gasteiger charge is -2.16. The van der Waals surface area contributed by atoms with Gasteiger partial charge in [0.1, 0.15) is 11.5 Å². The van der Waals surface area contributed by atoms with Gasteiger partial charge >= 0.3 is 0 Å². The summed E-state index contributed by atoms with van der Waals surface area (Å²) in [7, 11) is -1.91. The van der Waals surface area contributed by atoms with Crippen molar-refractivity contribution in [1.29, 1.82) is 0 Å². The molecule has 0 atom stereocenters. The van der Waals surface area contributed by atoms with Crippen molar-refractivity contribution in [3.05, 3.63) is 43.9 Å². The Labute approximate surface area is 102 Å². The van der Waals surface area contributed by atoms with Gasteiger partial charge in [0.05, 0.1) is 12.5 Å². The van der Waals surface area contributed by atoms with E-state index in [2.05, 4.69) is 13.2 Å². The maximum atomic E-state index is 6.38. The second kappa shape index (κ2) is 5.23. The van der Waals surface area contributed by atoms with Crippen molar-refractivity contribution in [2.24, 2.45) is 0 Å². The molecule has 0 N–H and O–H groups in total. The van der Waals surface area contributed by atoms with E-state index >= 15 is 0 Å². The van der Waals surface area contributed by atoms with Gasteiger partial charge in [-0.1, -0.05) is 26.3 Å². The Kier molecular flexibility index (Phi) is 4.21. The van der Waals surface area contributed by atoms with Crippen molar-refractivity contribution >= 4 is 23.6 Å². The molecule has 0 fully saturated rings. The average molecular weight is 255 g/mol. The maximum absolute atomic E-state index is 6.38. The minimum Gasteiger partial charge on any atom is -0.465 e. The van der Waals surface area contributed by atoms with E-state index < -0.39 is 7.38 Å². The second-order valence-electron chi connectivity index (χ2n) is 3.73. The normalized spacial score (nSPS) is 10.7. The highest BCUT2D eigenvalue weighted by Gasteiger charge is 2.21. The average Bonchev–Trinajstić information content (AvgIpc) is 2.17. The number of benzene rings is 1. The van der Waals surface area contributed by atoms with Gasteiger partial charge in [0.2, 0.25) is 0 Å². The van der Waals surface area contributed by atoms with Crippen molar-refractivity contribution in [2.75, 3.05) is 0 Å². The summed E-state index contributed by atoms with van der Waals surface area (Å²) in [4.78, 5) is 0. The van der Waals surface area contributed by atoms with Gasteiger partial charge in [-0.15, -0.1) is 0 Å². The van der Waals surface area contributed by atoms with Crippen LogP contribution in [0.3, 0.4) is 0 Å². The quantitative estimate of drug-likeness (QED) is 0.456. The van der Waals surface area contributed by atoms with Crippen LogP contribution in [0.1, 0.15) is 0 Å². The van der Waals surface area contributed by atoms with E-state index in [1.807, 2.05) is 25.2 Å². The fraction of sp³-hybridized carbons (Fsp3) is 0.167. The van der Waals surface area contributed by atoms with Gasteiger partial charge in [-0.05, 0) is 17.3 Å². The van der Waals surface area contributed by atoms with Crippen molar-refractivity contribution < 1.29 is 9.47 Å². The van der Waals surface area contributed by atoms with Crippen LogP contribution < -0.4 is 14.7 Å². The summed E-state index contributed by atoms with van der Waals surface area (Å²) < 4.78 is 10.5. The van der Waals surface area contributed by atoms with Crippen molar-refractivity contribution in [2.45, 2.75) is 13.1 Å². The molecule has 0 unspecified atom stereocenters. The molecule has 1 aromatic carbocycles. The van der Waals surface area contributed by atoms with E-state index in [9.17, 15) is 0 Å². The molecule has 0 saturated heterocycles. The predicted octanol–water partition coefficient (Wildman–Crippen LogP) is 3.38. The zero-order chi connectivity index (χ0) is 12.2. The van der Waals surface area contributed by atoms with Crippen LogP contribution in [0.5, 0.6) is 11.5 Å². The smallest absolute Gasteiger partial charge is 0.181 e. The first-order valence-corrected chi connectivity index (χ1v) is 8.88. The molecule has 0 saturated carbocycles. The summed E-state index contributed by atoms with van der Waals surface area (Å²) in [5.41, 5.74) is 0. The molecule has 0 amide bonds. The van der Waals surface area contributed by atoms with E-state index in [4.69, 9.17) is 20.6 Å². The van der Waals surface area contributed by atoms with Crippen LogP contribution in [0.25, 0.3) is 0 Å². The highest BCUT2D eigenvalue weighted by Crippen LogP contribution is 2.22. The third kappa shape index (κ3) is 3.43. The van der Waals surface area contributed by atoms with Crippen LogP contribution in [0.15, 0.2) is 43.9 Å². The number of hydrogen-bond donors (Lipinski definition) is 0. The van der Waals surface area contributed by atoms with Gasteiger partial charge in [-0.25, -0.2) is 0 Å². The van der Waals surface area contributed by atoms with Gasteiger partial charge in [0.15, 0.2) is 7.38 Å². The predicted molar refractivity (Wildman–Crippen MR) is 71.1 cm³/mol. The zero-order valence-corrected chi connectivity index (χ0v) is 11.3. The lowest BCUT2D eigenvalue weighted by molar-refractivity contribution is 0.461. The number of halogens is 1. The lowest BCUT2D eigenvalue weighted by atomic mass is 10.3. The Morgan fingerprint density at radius 1 is 1.06 bits per heavy atom. The van der Waals surface area contributed by atoms with Crippen molar-refractivity contribution in [3.8, 4) is 11.5 Å². The highest BCUT2D eigenvalue weighted by atomic mass is 35.6. The number of rotatable bonds is 5. The van der Waals surface area contributed by atoms with Crippen LogP contribution in [0.2, 0.25) is 13.1 Å². The number of ether oxygens (including phenoxy) is 2. The summed E-state index contributed by atoms with van der Waals surface area (Å²) >= 11 is 6.38. The molecule has 1 aromatic rings. The first-order chi connectivity index (χ1) is 7.47. The van der Waals surface area contributed by atoms with E-state index in [0.717, 1.165) is 5.19 Å². The molecule has 0 aliphatic heterocycles. The molecule has 16 heavy (non-hydrogen) atoms. The Balaban J connectivity index is 3.17. The third-order valence-electron chi connectivity index (χ3n) is 2.01. The molecule has 4 heteroatoms. The molecule has 2 nitrogen and oxygen atoms in total. The van der Waals surface area contributed by atoms with E-state index in [-0.39, 0.29) is 0 Å². The van der Waals surface area contributed by atoms with Crippen molar-refractivity contribution in [1.82, 2.24) is 0 Å². The van der Waals surface area contributed by atoms with Crippen LogP contribution >= 0.6 is 11.1 Å². The molecular formula is C12H15ClO2Si. The summed E-state index contributed by atoms with van der Waals surface area (Å²) in [6, 6.07) is 5.59. The van der Waals surface area contributed by atoms with Gasteiger partial charge in [0.25, 0.3) is 0 Å². The van der Waals surface area contributed by atoms with Gasteiger partial charge < -0.3 is 9.47 Å². The fourth-order valence-electron chi connectivity index (χ4n) is 1.24. The summed E-state index contributed by atoms with van der Waals surface area (Å²) in [5, 5.41) is 1.05. The van der Waals surface area contributed by atoms with Gasteiger partial charge in [-0.3, -0.25) is 0 Å². The Morgan fingerprint density at radius 3 is 1.81 bits per heavy atom. The summed E-state index contributed by atoms with van der Waals surface area (Å²) in [6.07, 6.45) is 2.75.